The maximum absolute atomic E-state index is 12.9. The first-order valence-corrected chi connectivity index (χ1v) is 8.19. The molecule has 2 aromatic rings. The Hall–Kier alpha value is -3.09. The first-order chi connectivity index (χ1) is 12.4. The largest absolute Gasteiger partial charge is 0.497 e. The Bertz CT molecular complexity index is 867. The number of benzene rings is 1. The molecule has 7 heteroatoms. The second-order valence-electron chi connectivity index (χ2n) is 5.34. The summed E-state index contributed by atoms with van der Waals surface area (Å²) in [5.41, 5.74) is 0.192. The van der Waals surface area contributed by atoms with Gasteiger partial charge in [0.2, 0.25) is 0 Å². The fraction of sp³-hybridized carbons (Fsp3) is 0.316. The Kier molecular flexibility index (Phi) is 6.16. The van der Waals surface area contributed by atoms with Gasteiger partial charge in [0, 0.05) is 11.4 Å². The highest BCUT2D eigenvalue weighted by Crippen LogP contribution is 2.18. The molecule has 1 heterocycles. The van der Waals surface area contributed by atoms with E-state index in [1.165, 1.54) is 17.7 Å². The zero-order chi connectivity index (χ0) is 19.3. The Balaban J connectivity index is 2.73. The average Bonchev–Trinajstić information content (AvgIpc) is 2.62. The number of rotatable bonds is 6. The molecule has 0 fully saturated rings. The van der Waals surface area contributed by atoms with Gasteiger partial charge in [0.15, 0.2) is 0 Å². The number of ether oxygens (including phenoxy) is 3. The molecule has 0 saturated carbocycles. The molecule has 7 nitrogen and oxygen atoms in total. The highest BCUT2D eigenvalue weighted by Gasteiger charge is 2.23. The normalized spacial score (nSPS) is 10.3. The standard InChI is InChI=1S/C19H21NO6/c1-5-25-18(22)15-11-16(19(23)26-6-2)17(21)20(12(15)3)13-7-9-14(24-4)10-8-13/h7-11H,5-6H2,1-4H3. The van der Waals surface area contributed by atoms with Gasteiger partial charge in [-0.3, -0.25) is 9.36 Å². The number of nitrogens with zero attached hydrogens (tertiary/aromatic N) is 1. The molecule has 0 atom stereocenters. The van der Waals surface area contributed by atoms with Crippen LogP contribution in [-0.4, -0.2) is 36.8 Å². The molecular formula is C19H21NO6. The maximum atomic E-state index is 12.9. The van der Waals surface area contributed by atoms with E-state index >= 15 is 0 Å². The topological polar surface area (TPSA) is 83.8 Å². The SMILES string of the molecule is CCOC(=O)c1cc(C(=O)OCC)c(=O)n(-c2ccc(OC)cc2)c1C. The molecule has 0 radical (unpaired) electrons. The van der Waals surface area contributed by atoms with Crippen molar-refractivity contribution in [1.29, 1.82) is 0 Å². The van der Waals surface area contributed by atoms with E-state index in [0.29, 0.717) is 17.1 Å². The molecule has 2 rings (SSSR count). The fourth-order valence-corrected chi connectivity index (χ4v) is 2.52. The Morgan fingerprint density at radius 1 is 0.962 bits per heavy atom. The number of carbonyl (C=O) groups is 2. The molecule has 0 bridgehead atoms. The summed E-state index contributed by atoms with van der Waals surface area (Å²) < 4.78 is 16.4. The summed E-state index contributed by atoms with van der Waals surface area (Å²) in [4.78, 5) is 37.3. The molecule has 1 aromatic heterocycles. The van der Waals surface area contributed by atoms with E-state index in [1.807, 2.05) is 0 Å². The van der Waals surface area contributed by atoms with Crippen molar-refractivity contribution in [2.24, 2.45) is 0 Å². The van der Waals surface area contributed by atoms with Crippen LogP contribution in [0.2, 0.25) is 0 Å². The molecule has 0 aliphatic carbocycles. The van der Waals surface area contributed by atoms with Crippen molar-refractivity contribution in [3.63, 3.8) is 0 Å². The molecule has 0 spiro atoms. The molecule has 0 aliphatic heterocycles. The minimum absolute atomic E-state index is 0.115. The summed E-state index contributed by atoms with van der Waals surface area (Å²) in [5.74, 6) is -0.783. The third kappa shape index (κ3) is 3.77. The minimum Gasteiger partial charge on any atom is -0.497 e. The van der Waals surface area contributed by atoms with Gasteiger partial charge in [0.1, 0.15) is 11.3 Å². The van der Waals surface area contributed by atoms with Gasteiger partial charge in [-0.05, 0) is 51.1 Å². The third-order valence-corrected chi connectivity index (χ3v) is 3.77. The van der Waals surface area contributed by atoms with Gasteiger partial charge in [0.25, 0.3) is 5.56 Å². The summed E-state index contributed by atoms with van der Waals surface area (Å²) in [6, 6.07) is 7.92. The molecule has 0 unspecified atom stereocenters. The molecule has 138 valence electrons. The Morgan fingerprint density at radius 3 is 2.00 bits per heavy atom. The van der Waals surface area contributed by atoms with E-state index < -0.39 is 17.5 Å². The lowest BCUT2D eigenvalue weighted by Gasteiger charge is -2.16. The van der Waals surface area contributed by atoms with Crippen molar-refractivity contribution in [3.05, 3.63) is 57.5 Å². The van der Waals surface area contributed by atoms with Crippen LogP contribution in [0.4, 0.5) is 0 Å². The van der Waals surface area contributed by atoms with Crippen LogP contribution in [0.1, 0.15) is 40.3 Å². The number of carbonyl (C=O) groups excluding carboxylic acids is 2. The smallest absolute Gasteiger partial charge is 0.343 e. The van der Waals surface area contributed by atoms with Gasteiger partial charge in [-0.15, -0.1) is 0 Å². The monoisotopic (exact) mass is 359 g/mol. The fourth-order valence-electron chi connectivity index (χ4n) is 2.52. The molecule has 0 N–H and O–H groups in total. The quantitative estimate of drug-likeness (QED) is 0.737. The van der Waals surface area contributed by atoms with Crippen LogP contribution in [-0.2, 0) is 9.47 Å². The lowest BCUT2D eigenvalue weighted by atomic mass is 10.1. The van der Waals surface area contributed by atoms with Crippen molar-refractivity contribution in [1.82, 2.24) is 4.57 Å². The van der Waals surface area contributed by atoms with E-state index in [2.05, 4.69) is 0 Å². The van der Waals surface area contributed by atoms with Gasteiger partial charge in [-0.25, -0.2) is 9.59 Å². The molecule has 0 aliphatic rings. The summed E-state index contributed by atoms with van der Waals surface area (Å²) >= 11 is 0. The number of aromatic nitrogens is 1. The van der Waals surface area contributed by atoms with Gasteiger partial charge in [-0.1, -0.05) is 0 Å². The van der Waals surface area contributed by atoms with E-state index in [0.717, 1.165) is 0 Å². The number of hydrogen-bond donors (Lipinski definition) is 0. The van der Waals surface area contributed by atoms with Crippen LogP contribution in [0.25, 0.3) is 5.69 Å². The summed E-state index contributed by atoms with van der Waals surface area (Å²) in [7, 11) is 1.53. The van der Waals surface area contributed by atoms with E-state index in [4.69, 9.17) is 14.2 Å². The van der Waals surface area contributed by atoms with E-state index in [1.54, 1.807) is 45.0 Å². The predicted octanol–water partition coefficient (Wildman–Crippen LogP) is 2.51. The summed E-state index contributed by atoms with van der Waals surface area (Å²) in [6.07, 6.45) is 0. The van der Waals surface area contributed by atoms with Gasteiger partial charge in [-0.2, -0.15) is 0 Å². The molecule has 26 heavy (non-hydrogen) atoms. The van der Waals surface area contributed by atoms with Crippen molar-refractivity contribution >= 4 is 11.9 Å². The summed E-state index contributed by atoms with van der Waals surface area (Å²) in [5, 5.41) is 0. The first-order valence-electron chi connectivity index (χ1n) is 8.19. The lowest BCUT2D eigenvalue weighted by Crippen LogP contribution is -2.30. The van der Waals surface area contributed by atoms with Crippen molar-refractivity contribution in [2.75, 3.05) is 20.3 Å². The molecular weight excluding hydrogens is 338 g/mol. The molecule has 1 aromatic carbocycles. The number of pyridine rings is 1. The van der Waals surface area contributed by atoms with E-state index in [-0.39, 0.29) is 24.3 Å². The zero-order valence-electron chi connectivity index (χ0n) is 15.2. The second kappa shape index (κ2) is 8.33. The molecule has 0 saturated heterocycles. The van der Waals surface area contributed by atoms with Crippen LogP contribution >= 0.6 is 0 Å². The second-order valence-corrected chi connectivity index (χ2v) is 5.34. The Morgan fingerprint density at radius 2 is 1.50 bits per heavy atom. The molecule has 0 amide bonds. The maximum Gasteiger partial charge on any atom is 0.343 e. The number of methoxy groups -OCH3 is 1. The summed E-state index contributed by atoms with van der Waals surface area (Å²) in [6.45, 7) is 5.23. The van der Waals surface area contributed by atoms with Gasteiger partial charge in [0.05, 0.1) is 25.9 Å². The number of esters is 2. The lowest BCUT2D eigenvalue weighted by molar-refractivity contribution is 0.0522. The van der Waals surface area contributed by atoms with Crippen LogP contribution in [0.15, 0.2) is 35.1 Å². The van der Waals surface area contributed by atoms with Crippen LogP contribution in [0, 0.1) is 6.92 Å². The highest BCUT2D eigenvalue weighted by molar-refractivity contribution is 5.96. The van der Waals surface area contributed by atoms with Crippen molar-refractivity contribution in [2.45, 2.75) is 20.8 Å². The number of hydrogen-bond acceptors (Lipinski definition) is 6. The Labute approximate surface area is 151 Å². The van der Waals surface area contributed by atoms with Crippen LogP contribution < -0.4 is 10.3 Å². The van der Waals surface area contributed by atoms with Crippen LogP contribution in [0.3, 0.4) is 0 Å². The van der Waals surface area contributed by atoms with Crippen molar-refractivity contribution in [3.8, 4) is 11.4 Å². The average molecular weight is 359 g/mol. The van der Waals surface area contributed by atoms with Crippen LogP contribution in [0.5, 0.6) is 5.75 Å². The van der Waals surface area contributed by atoms with Gasteiger partial charge < -0.3 is 14.2 Å². The van der Waals surface area contributed by atoms with E-state index in [9.17, 15) is 14.4 Å². The highest BCUT2D eigenvalue weighted by atomic mass is 16.5. The predicted molar refractivity (Wildman–Crippen MR) is 95.2 cm³/mol. The first kappa shape index (κ1) is 19.2. The van der Waals surface area contributed by atoms with Crippen molar-refractivity contribution < 1.29 is 23.8 Å². The third-order valence-electron chi connectivity index (χ3n) is 3.77. The zero-order valence-corrected chi connectivity index (χ0v) is 15.2. The van der Waals surface area contributed by atoms with Gasteiger partial charge >= 0.3 is 11.9 Å². The minimum atomic E-state index is -0.787.